The molecule has 2 heteroatoms. The summed E-state index contributed by atoms with van der Waals surface area (Å²) in [7, 11) is 0. The topological polar surface area (TPSA) is 20.3 Å². The number of piperidine rings is 1. The molecular weight excluding hydrogens is 246 g/mol. The number of Topliss-reactive ketones (excluding diaryl/α,β-unsaturated/α-hetero) is 1. The molecule has 0 radical (unpaired) electrons. The van der Waals surface area contributed by atoms with Gasteiger partial charge in [-0.25, -0.2) is 0 Å². The Hall–Kier alpha value is -1.15. The molecule has 1 spiro atoms. The minimum atomic E-state index is -0.0798. The number of carbonyl (C=O) groups is 1. The van der Waals surface area contributed by atoms with Gasteiger partial charge in [-0.1, -0.05) is 37.6 Å². The third kappa shape index (κ3) is 2.31. The second-order valence-corrected chi connectivity index (χ2v) is 7.14. The Bertz CT molecular complexity index is 524. The van der Waals surface area contributed by atoms with Crippen LogP contribution in [0, 0.1) is 18.3 Å². The molecule has 0 N–H and O–H groups in total. The molecule has 1 aromatic carbocycles. The van der Waals surface area contributed by atoms with E-state index in [4.69, 9.17) is 0 Å². The Kier molecular flexibility index (Phi) is 3.45. The van der Waals surface area contributed by atoms with Crippen LogP contribution in [0.1, 0.15) is 48.2 Å². The van der Waals surface area contributed by atoms with E-state index in [0.29, 0.717) is 11.7 Å². The molecule has 1 aliphatic carbocycles. The summed E-state index contributed by atoms with van der Waals surface area (Å²) in [5.41, 5.74) is 3.47. The molecule has 0 amide bonds. The van der Waals surface area contributed by atoms with Gasteiger partial charge in [0.25, 0.3) is 0 Å². The number of aryl methyl sites for hydroxylation is 1. The summed E-state index contributed by atoms with van der Waals surface area (Å²) < 4.78 is 0. The summed E-state index contributed by atoms with van der Waals surface area (Å²) in [5, 5.41) is 0. The molecule has 1 aromatic rings. The summed E-state index contributed by atoms with van der Waals surface area (Å²) in [4.78, 5) is 15.3. The van der Waals surface area contributed by atoms with E-state index in [-0.39, 0.29) is 5.41 Å². The van der Waals surface area contributed by atoms with Crippen LogP contribution in [-0.2, 0) is 6.42 Å². The van der Waals surface area contributed by atoms with Crippen LogP contribution >= 0.6 is 0 Å². The van der Waals surface area contributed by atoms with Gasteiger partial charge in [0.2, 0.25) is 0 Å². The Morgan fingerprint density at radius 1 is 1.25 bits per heavy atom. The van der Waals surface area contributed by atoms with E-state index in [2.05, 4.69) is 37.8 Å². The zero-order valence-corrected chi connectivity index (χ0v) is 12.9. The first-order valence-electron chi connectivity index (χ1n) is 7.87. The van der Waals surface area contributed by atoms with Crippen molar-refractivity contribution in [3.8, 4) is 0 Å². The van der Waals surface area contributed by atoms with Crippen molar-refractivity contribution in [1.29, 1.82) is 0 Å². The number of carbonyl (C=O) groups excluding carboxylic acids is 1. The minimum Gasteiger partial charge on any atom is -0.303 e. The van der Waals surface area contributed by atoms with E-state index in [1.807, 2.05) is 6.07 Å². The second kappa shape index (κ2) is 5.00. The number of hydrogen-bond donors (Lipinski definition) is 0. The highest BCUT2D eigenvalue weighted by molar-refractivity contribution is 6.05. The van der Waals surface area contributed by atoms with Crippen molar-refractivity contribution in [2.45, 2.75) is 40.0 Å². The molecule has 1 saturated heterocycles. The van der Waals surface area contributed by atoms with Crippen LogP contribution in [0.5, 0.6) is 0 Å². The molecule has 1 heterocycles. The van der Waals surface area contributed by atoms with Gasteiger partial charge in [-0.15, -0.1) is 0 Å². The summed E-state index contributed by atoms with van der Waals surface area (Å²) in [6.07, 6.45) is 3.04. The van der Waals surface area contributed by atoms with Gasteiger partial charge in [0.05, 0.1) is 0 Å². The highest BCUT2D eigenvalue weighted by Gasteiger charge is 2.46. The Morgan fingerprint density at radius 2 is 1.95 bits per heavy atom. The van der Waals surface area contributed by atoms with Crippen molar-refractivity contribution in [2.24, 2.45) is 11.3 Å². The lowest BCUT2D eigenvalue weighted by Gasteiger charge is -2.38. The van der Waals surface area contributed by atoms with Gasteiger partial charge in [-0.05, 0) is 50.8 Å². The molecule has 108 valence electrons. The van der Waals surface area contributed by atoms with Crippen LogP contribution < -0.4 is 0 Å². The Morgan fingerprint density at radius 3 is 2.60 bits per heavy atom. The number of hydrogen-bond acceptors (Lipinski definition) is 2. The molecule has 0 aromatic heterocycles. The number of rotatable bonds is 2. The standard InChI is InChI=1S/C18H25NO/c1-13(2)12-19-8-6-18(7-9-19)11-15-10-14(3)4-5-16(15)17(18)20/h4-5,10,13H,6-9,11-12H2,1-3H3. The van der Waals surface area contributed by atoms with Gasteiger partial charge in [0.15, 0.2) is 5.78 Å². The van der Waals surface area contributed by atoms with E-state index in [1.165, 1.54) is 11.1 Å². The number of nitrogens with zero attached hydrogens (tertiary/aromatic N) is 1. The first-order valence-corrected chi connectivity index (χ1v) is 7.87. The lowest BCUT2D eigenvalue weighted by molar-refractivity contribution is 0.0617. The fraction of sp³-hybridized carbons (Fsp3) is 0.611. The monoisotopic (exact) mass is 271 g/mol. The van der Waals surface area contributed by atoms with E-state index in [9.17, 15) is 4.79 Å². The molecule has 1 aliphatic heterocycles. The average Bonchev–Trinajstić information content (AvgIpc) is 2.65. The van der Waals surface area contributed by atoms with Gasteiger partial charge < -0.3 is 4.90 Å². The van der Waals surface area contributed by atoms with Crippen LogP contribution in [0.15, 0.2) is 18.2 Å². The van der Waals surface area contributed by atoms with Crippen molar-refractivity contribution in [3.63, 3.8) is 0 Å². The molecule has 0 atom stereocenters. The molecule has 3 rings (SSSR count). The normalized spacial score (nSPS) is 21.7. The highest BCUT2D eigenvalue weighted by Crippen LogP contribution is 2.44. The maximum atomic E-state index is 12.8. The van der Waals surface area contributed by atoms with Crippen LogP contribution in [0.2, 0.25) is 0 Å². The van der Waals surface area contributed by atoms with E-state index >= 15 is 0 Å². The van der Waals surface area contributed by atoms with Gasteiger partial charge in [-0.3, -0.25) is 4.79 Å². The average molecular weight is 271 g/mol. The molecule has 20 heavy (non-hydrogen) atoms. The molecule has 0 saturated carbocycles. The second-order valence-electron chi connectivity index (χ2n) is 7.14. The molecule has 0 bridgehead atoms. The van der Waals surface area contributed by atoms with Crippen LogP contribution in [0.3, 0.4) is 0 Å². The Labute approximate surface area is 122 Å². The van der Waals surface area contributed by atoms with E-state index in [0.717, 1.165) is 44.5 Å². The third-order valence-electron chi connectivity index (χ3n) is 4.95. The van der Waals surface area contributed by atoms with Gasteiger partial charge in [0.1, 0.15) is 0 Å². The smallest absolute Gasteiger partial charge is 0.169 e. The van der Waals surface area contributed by atoms with Gasteiger partial charge >= 0.3 is 0 Å². The molecule has 2 aliphatic rings. The van der Waals surface area contributed by atoms with Crippen molar-refractivity contribution in [3.05, 3.63) is 34.9 Å². The quantitative estimate of drug-likeness (QED) is 0.821. The van der Waals surface area contributed by atoms with Crippen molar-refractivity contribution >= 4 is 5.78 Å². The third-order valence-corrected chi connectivity index (χ3v) is 4.95. The highest BCUT2D eigenvalue weighted by atomic mass is 16.1. The molecule has 1 fully saturated rings. The summed E-state index contributed by atoms with van der Waals surface area (Å²) in [6.45, 7) is 9.97. The van der Waals surface area contributed by atoms with Crippen molar-refractivity contribution in [1.82, 2.24) is 4.90 Å². The fourth-order valence-corrected chi connectivity index (χ4v) is 3.90. The zero-order chi connectivity index (χ0) is 14.3. The minimum absolute atomic E-state index is 0.0798. The maximum absolute atomic E-state index is 12.8. The molecular formula is C18H25NO. The first-order chi connectivity index (χ1) is 9.50. The van der Waals surface area contributed by atoms with Crippen molar-refractivity contribution < 1.29 is 4.79 Å². The van der Waals surface area contributed by atoms with Crippen LogP contribution in [-0.4, -0.2) is 30.3 Å². The molecule has 0 unspecified atom stereocenters. The number of fused-ring (bicyclic) bond motifs is 1. The number of benzene rings is 1. The lowest BCUT2D eigenvalue weighted by atomic mass is 9.75. The van der Waals surface area contributed by atoms with Gasteiger partial charge in [0, 0.05) is 17.5 Å². The largest absolute Gasteiger partial charge is 0.303 e. The fourth-order valence-electron chi connectivity index (χ4n) is 3.90. The zero-order valence-electron chi connectivity index (χ0n) is 12.9. The van der Waals surface area contributed by atoms with Crippen LogP contribution in [0.25, 0.3) is 0 Å². The first kappa shape index (κ1) is 13.8. The van der Waals surface area contributed by atoms with Gasteiger partial charge in [-0.2, -0.15) is 0 Å². The number of ketones is 1. The lowest BCUT2D eigenvalue weighted by Crippen LogP contribution is -2.44. The predicted octanol–water partition coefficient (Wildman–Crippen LogP) is 3.47. The van der Waals surface area contributed by atoms with Crippen LogP contribution in [0.4, 0.5) is 0 Å². The summed E-state index contributed by atoms with van der Waals surface area (Å²) >= 11 is 0. The molecule has 2 nitrogen and oxygen atoms in total. The SMILES string of the molecule is Cc1ccc2c(c1)CC1(CCN(CC(C)C)CC1)C2=O. The van der Waals surface area contributed by atoms with E-state index < -0.39 is 0 Å². The summed E-state index contributed by atoms with van der Waals surface area (Å²) in [5.74, 6) is 1.12. The van der Waals surface area contributed by atoms with E-state index in [1.54, 1.807) is 0 Å². The summed E-state index contributed by atoms with van der Waals surface area (Å²) in [6, 6.07) is 6.33. The predicted molar refractivity (Wildman–Crippen MR) is 82.2 cm³/mol. The number of likely N-dealkylation sites (tertiary alicyclic amines) is 1. The maximum Gasteiger partial charge on any atom is 0.169 e. The Balaban J connectivity index is 1.76. The van der Waals surface area contributed by atoms with Crippen molar-refractivity contribution in [2.75, 3.05) is 19.6 Å².